The first kappa shape index (κ1) is 12.6. The maximum absolute atomic E-state index is 12.0. The lowest BCUT2D eigenvalue weighted by atomic mass is 10.2. The molecule has 0 unspecified atom stereocenters. The molecule has 5 heteroatoms. The molecule has 2 rings (SSSR count). The predicted molar refractivity (Wildman–Crippen MR) is 76.2 cm³/mol. The molecule has 0 saturated heterocycles. The van der Waals surface area contributed by atoms with Crippen molar-refractivity contribution in [2.45, 2.75) is 6.92 Å². The third-order valence-electron chi connectivity index (χ3n) is 2.34. The summed E-state index contributed by atoms with van der Waals surface area (Å²) in [6.45, 7) is 1.94. The van der Waals surface area contributed by atoms with Crippen molar-refractivity contribution in [1.29, 1.82) is 0 Å². The van der Waals surface area contributed by atoms with Crippen LogP contribution in [0, 0.1) is 6.92 Å². The van der Waals surface area contributed by atoms with Crippen LogP contribution in [0.2, 0.25) is 5.02 Å². The Morgan fingerprint density at radius 2 is 2.18 bits per heavy atom. The van der Waals surface area contributed by atoms with Crippen LogP contribution in [0.25, 0.3) is 0 Å². The van der Waals surface area contributed by atoms with Crippen molar-refractivity contribution in [1.82, 2.24) is 0 Å². The molecule has 0 spiro atoms. The van der Waals surface area contributed by atoms with Crippen LogP contribution in [0.4, 0.5) is 5.69 Å². The Morgan fingerprint density at radius 3 is 2.82 bits per heavy atom. The van der Waals surface area contributed by atoms with Crippen molar-refractivity contribution in [3.8, 4) is 0 Å². The fraction of sp³-hybridized carbons (Fsp3) is 0.0833. The Hall–Kier alpha value is -0.840. The van der Waals surface area contributed by atoms with E-state index < -0.39 is 0 Å². The summed E-state index contributed by atoms with van der Waals surface area (Å²) in [6, 6.07) is 7.39. The number of thiophene rings is 1. The zero-order valence-electron chi connectivity index (χ0n) is 8.96. The molecule has 2 aromatic rings. The number of halogens is 2. The van der Waals surface area contributed by atoms with E-state index in [1.54, 1.807) is 11.4 Å². The smallest absolute Gasteiger partial charge is 0.267 e. The van der Waals surface area contributed by atoms with Crippen LogP contribution in [-0.4, -0.2) is 5.91 Å². The average Bonchev–Trinajstić information content (AvgIpc) is 2.71. The number of anilines is 1. The number of hydrogen-bond acceptors (Lipinski definition) is 2. The standard InChI is InChI=1S/C12H9BrClNOS/c1-7-8(13)3-2-4-10(7)15-12(16)11-9(14)5-6-17-11/h2-6H,1H3,(H,15,16). The van der Waals surface area contributed by atoms with E-state index in [9.17, 15) is 4.79 Å². The molecule has 0 bridgehead atoms. The van der Waals surface area contributed by atoms with E-state index in [1.807, 2.05) is 25.1 Å². The van der Waals surface area contributed by atoms with Crippen LogP contribution in [-0.2, 0) is 0 Å². The molecular formula is C12H9BrClNOS. The van der Waals surface area contributed by atoms with Gasteiger partial charge in [0.15, 0.2) is 0 Å². The number of carbonyl (C=O) groups is 1. The van der Waals surface area contributed by atoms with E-state index in [-0.39, 0.29) is 5.91 Å². The van der Waals surface area contributed by atoms with Gasteiger partial charge in [-0.05, 0) is 36.1 Å². The summed E-state index contributed by atoms with van der Waals surface area (Å²) in [5.74, 6) is -0.175. The summed E-state index contributed by atoms with van der Waals surface area (Å²) in [5.41, 5.74) is 1.78. The molecule has 0 saturated carbocycles. The molecule has 0 atom stereocenters. The second-order valence-electron chi connectivity index (χ2n) is 3.46. The quantitative estimate of drug-likeness (QED) is 0.847. The Morgan fingerprint density at radius 1 is 1.41 bits per heavy atom. The van der Waals surface area contributed by atoms with E-state index in [0.717, 1.165) is 15.7 Å². The van der Waals surface area contributed by atoms with Crippen molar-refractivity contribution in [2.24, 2.45) is 0 Å². The highest BCUT2D eigenvalue weighted by Gasteiger charge is 2.13. The summed E-state index contributed by atoms with van der Waals surface area (Å²) in [7, 11) is 0. The van der Waals surface area contributed by atoms with Crippen molar-refractivity contribution in [3.05, 3.63) is 49.6 Å². The van der Waals surface area contributed by atoms with Gasteiger partial charge in [0.05, 0.1) is 5.02 Å². The maximum Gasteiger partial charge on any atom is 0.267 e. The fourth-order valence-electron chi connectivity index (χ4n) is 1.38. The van der Waals surface area contributed by atoms with E-state index in [0.29, 0.717) is 9.90 Å². The molecule has 1 aromatic carbocycles. The minimum absolute atomic E-state index is 0.175. The third kappa shape index (κ3) is 2.70. The van der Waals surface area contributed by atoms with Gasteiger partial charge in [-0.2, -0.15) is 0 Å². The van der Waals surface area contributed by atoms with Crippen LogP contribution in [0.15, 0.2) is 34.1 Å². The molecule has 2 nitrogen and oxygen atoms in total. The van der Waals surface area contributed by atoms with Crippen LogP contribution in [0.5, 0.6) is 0 Å². The monoisotopic (exact) mass is 329 g/mol. The minimum Gasteiger partial charge on any atom is -0.321 e. The summed E-state index contributed by atoms with van der Waals surface area (Å²) >= 11 is 10.7. The summed E-state index contributed by atoms with van der Waals surface area (Å²) < 4.78 is 0.965. The van der Waals surface area contributed by atoms with Crippen LogP contribution < -0.4 is 5.32 Å². The Bertz CT molecular complexity index is 567. The highest BCUT2D eigenvalue weighted by molar-refractivity contribution is 9.10. The fourth-order valence-corrected chi connectivity index (χ4v) is 2.78. The van der Waals surface area contributed by atoms with E-state index in [4.69, 9.17) is 11.6 Å². The number of rotatable bonds is 2. The van der Waals surface area contributed by atoms with E-state index in [2.05, 4.69) is 21.2 Å². The van der Waals surface area contributed by atoms with Gasteiger partial charge in [-0.1, -0.05) is 33.6 Å². The lowest BCUT2D eigenvalue weighted by Gasteiger charge is -2.08. The molecule has 0 radical (unpaired) electrons. The zero-order chi connectivity index (χ0) is 12.4. The predicted octanol–water partition coefficient (Wildman–Crippen LogP) is 4.72. The molecule has 0 aliphatic carbocycles. The van der Waals surface area contributed by atoms with Gasteiger partial charge in [0.2, 0.25) is 0 Å². The lowest BCUT2D eigenvalue weighted by molar-refractivity contribution is 0.103. The normalized spacial score (nSPS) is 10.3. The SMILES string of the molecule is Cc1c(Br)cccc1NC(=O)c1sccc1Cl. The zero-order valence-corrected chi connectivity index (χ0v) is 12.1. The molecule has 0 fully saturated rings. The molecule has 1 heterocycles. The summed E-state index contributed by atoms with van der Waals surface area (Å²) in [6.07, 6.45) is 0. The Labute approximate surface area is 117 Å². The average molecular weight is 331 g/mol. The van der Waals surface area contributed by atoms with Gasteiger partial charge in [0.1, 0.15) is 4.88 Å². The lowest BCUT2D eigenvalue weighted by Crippen LogP contribution is -2.11. The first-order chi connectivity index (χ1) is 8.09. The third-order valence-corrected chi connectivity index (χ3v) is 4.54. The van der Waals surface area contributed by atoms with Crippen LogP contribution in [0.1, 0.15) is 15.2 Å². The van der Waals surface area contributed by atoms with Crippen molar-refractivity contribution in [3.63, 3.8) is 0 Å². The molecular weight excluding hydrogens is 322 g/mol. The van der Waals surface area contributed by atoms with Gasteiger partial charge in [0.25, 0.3) is 5.91 Å². The number of amides is 1. The molecule has 1 aromatic heterocycles. The number of hydrogen-bond donors (Lipinski definition) is 1. The van der Waals surface area contributed by atoms with E-state index >= 15 is 0 Å². The van der Waals surface area contributed by atoms with Crippen molar-refractivity contribution in [2.75, 3.05) is 5.32 Å². The largest absolute Gasteiger partial charge is 0.321 e. The summed E-state index contributed by atoms with van der Waals surface area (Å²) in [4.78, 5) is 12.5. The van der Waals surface area contributed by atoms with Gasteiger partial charge in [-0.15, -0.1) is 11.3 Å². The molecule has 1 amide bonds. The minimum atomic E-state index is -0.175. The highest BCUT2D eigenvalue weighted by atomic mass is 79.9. The molecule has 88 valence electrons. The molecule has 0 aliphatic heterocycles. The number of nitrogens with one attached hydrogen (secondary N) is 1. The van der Waals surface area contributed by atoms with Crippen molar-refractivity contribution < 1.29 is 4.79 Å². The second-order valence-corrected chi connectivity index (χ2v) is 5.64. The van der Waals surface area contributed by atoms with Crippen LogP contribution >= 0.6 is 38.9 Å². The Kier molecular flexibility index (Phi) is 3.86. The highest BCUT2D eigenvalue weighted by Crippen LogP contribution is 2.26. The van der Waals surface area contributed by atoms with Crippen LogP contribution in [0.3, 0.4) is 0 Å². The first-order valence-electron chi connectivity index (χ1n) is 4.89. The summed E-state index contributed by atoms with van der Waals surface area (Å²) in [5, 5.41) is 5.13. The van der Waals surface area contributed by atoms with Gasteiger partial charge in [-0.25, -0.2) is 0 Å². The first-order valence-corrected chi connectivity index (χ1v) is 6.94. The second kappa shape index (κ2) is 5.21. The van der Waals surface area contributed by atoms with Gasteiger partial charge in [0, 0.05) is 10.2 Å². The maximum atomic E-state index is 12.0. The van der Waals surface area contributed by atoms with Gasteiger partial charge < -0.3 is 5.32 Å². The van der Waals surface area contributed by atoms with E-state index in [1.165, 1.54) is 11.3 Å². The number of benzene rings is 1. The van der Waals surface area contributed by atoms with Crippen molar-refractivity contribution >= 4 is 50.5 Å². The Balaban J connectivity index is 2.25. The van der Waals surface area contributed by atoms with Gasteiger partial charge >= 0.3 is 0 Å². The number of carbonyl (C=O) groups excluding carboxylic acids is 1. The molecule has 17 heavy (non-hydrogen) atoms. The topological polar surface area (TPSA) is 29.1 Å². The van der Waals surface area contributed by atoms with Gasteiger partial charge in [-0.3, -0.25) is 4.79 Å². The molecule has 1 N–H and O–H groups in total. The molecule has 0 aliphatic rings.